The predicted molar refractivity (Wildman–Crippen MR) is 93.8 cm³/mol. The van der Waals surface area contributed by atoms with Crippen molar-refractivity contribution in [3.05, 3.63) is 30.3 Å². The van der Waals surface area contributed by atoms with Crippen molar-refractivity contribution in [3.8, 4) is 0 Å². The molecule has 3 nitrogen and oxygen atoms in total. The Morgan fingerprint density at radius 1 is 1.27 bits per heavy atom. The van der Waals surface area contributed by atoms with Crippen LogP contribution in [-0.4, -0.2) is 17.4 Å². The number of Topliss-reactive ketones (excluding diaryl/α,β-unsaturated/α-hetero) is 1. The first kappa shape index (κ1) is 15.5. The van der Waals surface area contributed by atoms with Crippen molar-refractivity contribution in [2.24, 2.45) is 22.7 Å². The van der Waals surface area contributed by atoms with Crippen LogP contribution in [0, 0.1) is 22.7 Å². The maximum absolute atomic E-state index is 12.8. The molecule has 3 atom stereocenters. The van der Waals surface area contributed by atoms with E-state index < -0.39 is 0 Å². The van der Waals surface area contributed by atoms with Crippen LogP contribution in [0.3, 0.4) is 0 Å². The third kappa shape index (κ3) is 2.24. The molecule has 2 bridgehead atoms. The van der Waals surface area contributed by atoms with E-state index in [4.69, 9.17) is 12.2 Å². The summed E-state index contributed by atoms with van der Waals surface area (Å²) in [7, 11) is 0. The Balaban J connectivity index is 1.61. The molecule has 0 heterocycles. The summed E-state index contributed by atoms with van der Waals surface area (Å²) in [4.78, 5) is 12.8. The fourth-order valence-corrected chi connectivity index (χ4v) is 4.61. The minimum Gasteiger partial charge on any atom is -0.362 e. The van der Waals surface area contributed by atoms with Crippen LogP contribution in [0.2, 0.25) is 0 Å². The second kappa shape index (κ2) is 5.34. The molecular weight excluding hydrogens is 292 g/mol. The molecule has 0 aromatic heterocycles. The SMILES string of the molecule is CC1(C)[C@H]2CC[C@]1(C)C(=O)[C@H]2CNC(=S)Nc1ccccc1. The van der Waals surface area contributed by atoms with Crippen molar-refractivity contribution < 1.29 is 4.79 Å². The molecule has 0 unspecified atom stereocenters. The number of carbonyl (C=O) groups excluding carboxylic acids is 1. The van der Waals surface area contributed by atoms with Crippen molar-refractivity contribution in [1.29, 1.82) is 0 Å². The highest BCUT2D eigenvalue weighted by molar-refractivity contribution is 7.80. The molecule has 0 amide bonds. The molecule has 2 aliphatic rings. The lowest BCUT2D eigenvalue weighted by Gasteiger charge is -2.32. The summed E-state index contributed by atoms with van der Waals surface area (Å²) in [5, 5.41) is 6.99. The maximum atomic E-state index is 12.8. The zero-order valence-corrected chi connectivity index (χ0v) is 14.3. The fourth-order valence-electron chi connectivity index (χ4n) is 4.41. The summed E-state index contributed by atoms with van der Waals surface area (Å²) in [5.41, 5.74) is 0.912. The monoisotopic (exact) mass is 316 g/mol. The molecule has 1 aromatic carbocycles. The number of anilines is 1. The lowest BCUT2D eigenvalue weighted by molar-refractivity contribution is -0.131. The van der Waals surface area contributed by atoms with Crippen LogP contribution in [0.4, 0.5) is 5.69 Å². The molecular formula is C18H24N2OS. The lowest BCUT2D eigenvalue weighted by Crippen LogP contribution is -2.39. The smallest absolute Gasteiger partial charge is 0.170 e. The first-order valence-electron chi connectivity index (χ1n) is 8.00. The van der Waals surface area contributed by atoms with Gasteiger partial charge in [-0.15, -0.1) is 0 Å². The molecule has 2 fully saturated rings. The Hall–Kier alpha value is -1.42. The first-order chi connectivity index (χ1) is 10.4. The summed E-state index contributed by atoms with van der Waals surface area (Å²) in [6, 6.07) is 9.85. The van der Waals surface area contributed by atoms with Gasteiger partial charge >= 0.3 is 0 Å². The van der Waals surface area contributed by atoms with Crippen LogP contribution in [0.15, 0.2) is 30.3 Å². The van der Waals surface area contributed by atoms with Gasteiger partial charge in [0.15, 0.2) is 5.11 Å². The normalized spacial score (nSPS) is 32.0. The number of ketones is 1. The second-order valence-corrected chi connectivity index (χ2v) is 7.78. The Morgan fingerprint density at radius 3 is 2.55 bits per heavy atom. The van der Waals surface area contributed by atoms with Crippen LogP contribution in [-0.2, 0) is 4.79 Å². The molecule has 3 rings (SSSR count). The van der Waals surface area contributed by atoms with Crippen LogP contribution >= 0.6 is 12.2 Å². The zero-order valence-electron chi connectivity index (χ0n) is 13.5. The van der Waals surface area contributed by atoms with E-state index in [1.54, 1.807) is 0 Å². The average molecular weight is 316 g/mol. The summed E-state index contributed by atoms with van der Waals surface area (Å²) in [6.07, 6.45) is 2.19. The van der Waals surface area contributed by atoms with Gasteiger partial charge in [0.05, 0.1) is 0 Å². The molecule has 0 spiro atoms. The van der Waals surface area contributed by atoms with E-state index in [0.29, 0.717) is 23.4 Å². The Labute approximate surface area is 137 Å². The number of fused-ring (bicyclic) bond motifs is 2. The van der Waals surface area contributed by atoms with Crippen LogP contribution < -0.4 is 10.6 Å². The van der Waals surface area contributed by atoms with Gasteiger partial charge in [0.25, 0.3) is 0 Å². The van der Waals surface area contributed by atoms with Crippen molar-refractivity contribution in [3.63, 3.8) is 0 Å². The van der Waals surface area contributed by atoms with E-state index in [9.17, 15) is 4.79 Å². The number of thiocarbonyl (C=S) groups is 1. The number of para-hydroxylation sites is 1. The number of hydrogen-bond donors (Lipinski definition) is 2. The molecule has 22 heavy (non-hydrogen) atoms. The van der Waals surface area contributed by atoms with Gasteiger partial charge in [0.1, 0.15) is 5.78 Å². The number of benzene rings is 1. The molecule has 1 aromatic rings. The number of carbonyl (C=O) groups is 1. The van der Waals surface area contributed by atoms with Gasteiger partial charge in [-0.2, -0.15) is 0 Å². The molecule has 0 radical (unpaired) electrons. The summed E-state index contributed by atoms with van der Waals surface area (Å²) >= 11 is 5.35. The van der Waals surface area contributed by atoms with Crippen molar-refractivity contribution in [1.82, 2.24) is 5.32 Å². The Bertz CT molecular complexity index is 598. The van der Waals surface area contributed by atoms with E-state index in [2.05, 4.69) is 31.4 Å². The van der Waals surface area contributed by atoms with Gasteiger partial charge in [-0.1, -0.05) is 39.0 Å². The van der Waals surface area contributed by atoms with Gasteiger partial charge in [-0.05, 0) is 48.5 Å². The van der Waals surface area contributed by atoms with E-state index >= 15 is 0 Å². The van der Waals surface area contributed by atoms with Gasteiger partial charge in [-0.25, -0.2) is 0 Å². The predicted octanol–water partition coefficient (Wildman–Crippen LogP) is 3.61. The largest absolute Gasteiger partial charge is 0.362 e. The standard InChI is InChI=1S/C18H24N2OS/c1-17(2)14-9-10-18(17,3)15(21)13(14)11-19-16(22)20-12-7-5-4-6-8-12/h4-8,13-14H,9-11H2,1-3H3,(H2,19,20,22)/t13-,14-,18+/m0/s1. The topological polar surface area (TPSA) is 41.1 Å². The summed E-state index contributed by atoms with van der Waals surface area (Å²) in [5.74, 6) is 0.977. The van der Waals surface area contributed by atoms with Crippen molar-refractivity contribution >= 4 is 28.8 Å². The van der Waals surface area contributed by atoms with E-state index in [-0.39, 0.29) is 16.7 Å². The zero-order chi connectivity index (χ0) is 16.0. The highest BCUT2D eigenvalue weighted by Crippen LogP contribution is 2.65. The third-order valence-corrected chi connectivity index (χ3v) is 6.43. The van der Waals surface area contributed by atoms with Crippen LogP contribution in [0.5, 0.6) is 0 Å². The van der Waals surface area contributed by atoms with Gasteiger partial charge in [0.2, 0.25) is 0 Å². The van der Waals surface area contributed by atoms with Crippen LogP contribution in [0.25, 0.3) is 0 Å². The minimum atomic E-state index is -0.154. The van der Waals surface area contributed by atoms with Crippen LogP contribution in [0.1, 0.15) is 33.6 Å². The number of hydrogen-bond acceptors (Lipinski definition) is 2. The highest BCUT2D eigenvalue weighted by Gasteiger charge is 2.65. The lowest BCUT2D eigenvalue weighted by atomic mass is 9.70. The van der Waals surface area contributed by atoms with Gasteiger partial charge < -0.3 is 10.6 Å². The number of nitrogens with one attached hydrogen (secondary N) is 2. The van der Waals surface area contributed by atoms with E-state index in [1.807, 2.05) is 30.3 Å². The van der Waals surface area contributed by atoms with E-state index in [1.165, 1.54) is 0 Å². The molecule has 2 N–H and O–H groups in total. The maximum Gasteiger partial charge on any atom is 0.170 e. The Morgan fingerprint density at radius 2 is 1.95 bits per heavy atom. The fraction of sp³-hybridized carbons (Fsp3) is 0.556. The second-order valence-electron chi connectivity index (χ2n) is 7.37. The Kier molecular flexibility index (Phi) is 3.76. The first-order valence-corrected chi connectivity index (χ1v) is 8.41. The van der Waals surface area contributed by atoms with Crippen molar-refractivity contribution in [2.45, 2.75) is 33.6 Å². The third-order valence-electron chi connectivity index (χ3n) is 6.18. The summed E-state index contributed by atoms with van der Waals surface area (Å²) < 4.78 is 0. The average Bonchev–Trinajstić information content (AvgIpc) is 2.79. The molecule has 4 heteroatoms. The molecule has 0 aliphatic heterocycles. The van der Waals surface area contributed by atoms with Crippen molar-refractivity contribution in [2.75, 3.05) is 11.9 Å². The van der Waals surface area contributed by atoms with Gasteiger partial charge in [-0.3, -0.25) is 4.79 Å². The molecule has 2 aliphatic carbocycles. The summed E-state index contributed by atoms with van der Waals surface area (Å²) in [6.45, 7) is 7.29. The molecule has 0 saturated heterocycles. The minimum absolute atomic E-state index is 0.0873. The van der Waals surface area contributed by atoms with E-state index in [0.717, 1.165) is 18.5 Å². The number of rotatable bonds is 3. The highest BCUT2D eigenvalue weighted by atomic mass is 32.1. The van der Waals surface area contributed by atoms with Gasteiger partial charge in [0, 0.05) is 23.6 Å². The molecule has 2 saturated carbocycles. The quantitative estimate of drug-likeness (QED) is 0.836. The molecule has 118 valence electrons.